The first-order chi connectivity index (χ1) is 12.7. The molecular formula is C19H28N6O. The first-order valence-corrected chi connectivity index (χ1v) is 9.73. The number of hydrogen-bond donors (Lipinski definition) is 1. The Bertz CT molecular complexity index is 791. The van der Waals surface area contributed by atoms with Crippen LogP contribution in [0.1, 0.15) is 49.4 Å². The molecule has 1 unspecified atom stereocenters. The molecule has 2 fully saturated rings. The van der Waals surface area contributed by atoms with E-state index in [-0.39, 0.29) is 5.56 Å². The van der Waals surface area contributed by atoms with Crippen molar-refractivity contribution in [3.05, 3.63) is 40.3 Å². The van der Waals surface area contributed by atoms with E-state index >= 15 is 0 Å². The highest BCUT2D eigenvalue weighted by Crippen LogP contribution is 2.27. The Morgan fingerprint density at radius 1 is 1.19 bits per heavy atom. The number of nitrogens with one attached hydrogen (secondary N) is 1. The van der Waals surface area contributed by atoms with E-state index < -0.39 is 0 Å². The molecule has 0 spiro atoms. The van der Waals surface area contributed by atoms with Crippen molar-refractivity contribution in [1.82, 2.24) is 24.4 Å². The average molecular weight is 356 g/mol. The van der Waals surface area contributed by atoms with Crippen molar-refractivity contribution in [3.8, 4) is 0 Å². The first-order valence-electron chi connectivity index (χ1n) is 9.73. The van der Waals surface area contributed by atoms with Crippen LogP contribution < -0.4 is 10.5 Å². The van der Waals surface area contributed by atoms with Crippen LogP contribution in [0.15, 0.2) is 23.4 Å². The van der Waals surface area contributed by atoms with Crippen molar-refractivity contribution in [3.63, 3.8) is 0 Å². The number of piperidine rings is 2. The number of aromatic amines is 1. The van der Waals surface area contributed by atoms with Crippen LogP contribution in [0.3, 0.4) is 0 Å². The molecule has 0 aromatic carbocycles. The van der Waals surface area contributed by atoms with Gasteiger partial charge in [0.2, 0.25) is 5.95 Å². The Morgan fingerprint density at radius 3 is 2.81 bits per heavy atom. The molecule has 2 aliphatic rings. The van der Waals surface area contributed by atoms with E-state index in [0.717, 1.165) is 57.2 Å². The molecule has 7 nitrogen and oxygen atoms in total. The molecule has 0 saturated carbocycles. The Morgan fingerprint density at radius 2 is 2.04 bits per heavy atom. The summed E-state index contributed by atoms with van der Waals surface area (Å²) in [4.78, 5) is 28.9. The van der Waals surface area contributed by atoms with Gasteiger partial charge in [0, 0.05) is 51.4 Å². The Labute approximate surface area is 154 Å². The van der Waals surface area contributed by atoms with Crippen LogP contribution in [-0.2, 0) is 13.6 Å². The molecular weight excluding hydrogens is 328 g/mol. The lowest BCUT2D eigenvalue weighted by Gasteiger charge is -2.33. The largest absolute Gasteiger partial charge is 0.342 e. The summed E-state index contributed by atoms with van der Waals surface area (Å²) in [5, 5.41) is 0. The van der Waals surface area contributed by atoms with Gasteiger partial charge in [0.1, 0.15) is 0 Å². The molecule has 2 aliphatic heterocycles. The van der Waals surface area contributed by atoms with E-state index in [1.807, 2.05) is 19.6 Å². The normalized spacial score (nSPS) is 21.9. The second-order valence-corrected chi connectivity index (χ2v) is 7.61. The number of imidazole rings is 1. The molecule has 0 bridgehead atoms. The predicted octanol–water partition coefficient (Wildman–Crippen LogP) is 1.87. The topological polar surface area (TPSA) is 70.1 Å². The maximum absolute atomic E-state index is 12.2. The zero-order valence-electron chi connectivity index (χ0n) is 15.5. The van der Waals surface area contributed by atoms with Crippen molar-refractivity contribution >= 4 is 5.95 Å². The fourth-order valence-electron chi connectivity index (χ4n) is 4.13. The molecule has 7 heteroatoms. The third-order valence-electron chi connectivity index (χ3n) is 5.63. The number of rotatable bonds is 4. The lowest BCUT2D eigenvalue weighted by molar-refractivity contribution is 0.195. The summed E-state index contributed by atoms with van der Waals surface area (Å²) in [6, 6.07) is 1.70. The number of nitrogens with zero attached hydrogens (tertiary/aromatic N) is 5. The van der Waals surface area contributed by atoms with Gasteiger partial charge in [-0.05, 0) is 38.6 Å². The highest BCUT2D eigenvalue weighted by molar-refractivity contribution is 5.31. The van der Waals surface area contributed by atoms with Gasteiger partial charge in [-0.25, -0.2) is 9.97 Å². The molecule has 2 saturated heterocycles. The molecule has 0 aliphatic carbocycles. The van der Waals surface area contributed by atoms with Gasteiger partial charge in [-0.1, -0.05) is 0 Å². The summed E-state index contributed by atoms with van der Waals surface area (Å²) in [6.45, 7) is 4.91. The van der Waals surface area contributed by atoms with Gasteiger partial charge >= 0.3 is 0 Å². The Balaban J connectivity index is 1.50. The number of H-pyrrole nitrogens is 1. The van der Waals surface area contributed by atoms with Gasteiger partial charge in [0.25, 0.3) is 5.56 Å². The SMILES string of the molecule is Cn1cncc1CN1CCCC(c2cc(=O)[nH]c(N3CCCCC3)n2)C1. The zero-order chi connectivity index (χ0) is 17.9. The number of aromatic nitrogens is 4. The number of likely N-dealkylation sites (tertiary alicyclic amines) is 1. The molecule has 0 amide bonds. The van der Waals surface area contributed by atoms with E-state index in [1.165, 1.54) is 25.0 Å². The van der Waals surface area contributed by atoms with E-state index in [0.29, 0.717) is 5.92 Å². The summed E-state index contributed by atoms with van der Waals surface area (Å²) in [5.41, 5.74) is 2.14. The summed E-state index contributed by atoms with van der Waals surface area (Å²) in [7, 11) is 2.03. The number of hydrogen-bond acceptors (Lipinski definition) is 5. The molecule has 140 valence electrons. The van der Waals surface area contributed by atoms with Crippen LogP contribution in [-0.4, -0.2) is 50.6 Å². The van der Waals surface area contributed by atoms with Gasteiger partial charge in [-0.3, -0.25) is 14.7 Å². The van der Waals surface area contributed by atoms with Crippen molar-refractivity contribution in [2.75, 3.05) is 31.1 Å². The summed E-state index contributed by atoms with van der Waals surface area (Å²) < 4.78 is 2.07. The number of aryl methyl sites for hydroxylation is 1. The quantitative estimate of drug-likeness (QED) is 0.906. The van der Waals surface area contributed by atoms with Crippen molar-refractivity contribution in [1.29, 1.82) is 0 Å². The van der Waals surface area contributed by atoms with Crippen LogP contribution >= 0.6 is 0 Å². The maximum Gasteiger partial charge on any atom is 0.252 e. The monoisotopic (exact) mass is 356 g/mol. The maximum atomic E-state index is 12.2. The minimum atomic E-state index is -0.0284. The minimum Gasteiger partial charge on any atom is -0.342 e. The minimum absolute atomic E-state index is 0.0284. The highest BCUT2D eigenvalue weighted by Gasteiger charge is 2.24. The second-order valence-electron chi connectivity index (χ2n) is 7.61. The van der Waals surface area contributed by atoms with E-state index in [1.54, 1.807) is 6.07 Å². The molecule has 1 atom stereocenters. The zero-order valence-corrected chi connectivity index (χ0v) is 15.5. The van der Waals surface area contributed by atoms with E-state index in [2.05, 4.69) is 24.3 Å². The Kier molecular flexibility index (Phi) is 5.06. The Hall–Kier alpha value is -2.15. The molecule has 26 heavy (non-hydrogen) atoms. The van der Waals surface area contributed by atoms with Gasteiger partial charge in [-0.15, -0.1) is 0 Å². The molecule has 4 rings (SSSR count). The van der Waals surface area contributed by atoms with Gasteiger partial charge in [0.05, 0.1) is 17.7 Å². The highest BCUT2D eigenvalue weighted by atomic mass is 16.1. The molecule has 0 radical (unpaired) electrons. The van der Waals surface area contributed by atoms with Gasteiger partial charge < -0.3 is 9.47 Å². The summed E-state index contributed by atoms with van der Waals surface area (Å²) in [6.07, 6.45) is 9.63. The van der Waals surface area contributed by atoms with Crippen LogP contribution in [0.4, 0.5) is 5.95 Å². The van der Waals surface area contributed by atoms with E-state index in [4.69, 9.17) is 4.98 Å². The van der Waals surface area contributed by atoms with Crippen molar-refractivity contribution < 1.29 is 0 Å². The third kappa shape index (κ3) is 3.82. The average Bonchev–Trinajstić information content (AvgIpc) is 3.07. The van der Waals surface area contributed by atoms with Crippen LogP contribution in [0, 0.1) is 0 Å². The van der Waals surface area contributed by atoms with Crippen LogP contribution in [0.5, 0.6) is 0 Å². The third-order valence-corrected chi connectivity index (χ3v) is 5.63. The fraction of sp³-hybridized carbons (Fsp3) is 0.632. The molecule has 2 aromatic heterocycles. The van der Waals surface area contributed by atoms with E-state index in [9.17, 15) is 4.79 Å². The van der Waals surface area contributed by atoms with Crippen LogP contribution in [0.25, 0.3) is 0 Å². The lowest BCUT2D eigenvalue weighted by atomic mass is 9.94. The van der Waals surface area contributed by atoms with Crippen LogP contribution in [0.2, 0.25) is 0 Å². The number of anilines is 1. The van der Waals surface area contributed by atoms with Gasteiger partial charge in [0.15, 0.2) is 0 Å². The molecule has 1 N–H and O–H groups in total. The predicted molar refractivity (Wildman–Crippen MR) is 101 cm³/mol. The standard InChI is InChI=1S/C19H28N6O/c1-23-14-20-11-16(23)13-24-7-5-6-15(12-24)17-10-18(26)22-19(21-17)25-8-3-2-4-9-25/h10-11,14-15H,2-9,12-13H2,1H3,(H,21,22,26). The first kappa shape index (κ1) is 17.3. The molecule has 4 heterocycles. The lowest BCUT2D eigenvalue weighted by Crippen LogP contribution is -2.36. The van der Waals surface area contributed by atoms with Crippen molar-refractivity contribution in [2.45, 2.75) is 44.6 Å². The smallest absolute Gasteiger partial charge is 0.252 e. The second kappa shape index (κ2) is 7.61. The molecule has 2 aromatic rings. The summed E-state index contributed by atoms with van der Waals surface area (Å²) in [5.74, 6) is 1.08. The van der Waals surface area contributed by atoms with Crippen molar-refractivity contribution in [2.24, 2.45) is 7.05 Å². The fourth-order valence-corrected chi connectivity index (χ4v) is 4.13. The van der Waals surface area contributed by atoms with Gasteiger partial charge in [-0.2, -0.15) is 0 Å². The summed E-state index contributed by atoms with van der Waals surface area (Å²) >= 11 is 0.